The fraction of sp³-hybridized carbons (Fsp3) is 0.538. The van der Waals surface area contributed by atoms with Crippen LogP contribution in [0.2, 0.25) is 0 Å². The van der Waals surface area contributed by atoms with Crippen LogP contribution in [0.15, 0.2) is 24.3 Å². The van der Waals surface area contributed by atoms with Crippen molar-refractivity contribution < 1.29 is 0 Å². The van der Waals surface area contributed by atoms with E-state index in [1.165, 1.54) is 5.56 Å². The highest BCUT2D eigenvalue weighted by Crippen LogP contribution is 2.31. The van der Waals surface area contributed by atoms with E-state index in [1.807, 2.05) is 12.1 Å². The Balaban J connectivity index is 2.90. The summed E-state index contributed by atoms with van der Waals surface area (Å²) in [6.45, 7) is 8.55. The molecule has 0 aromatic heterocycles. The Morgan fingerprint density at radius 3 is 1.87 bits per heavy atom. The van der Waals surface area contributed by atoms with Crippen molar-refractivity contribution in [3.8, 4) is 0 Å². The van der Waals surface area contributed by atoms with E-state index in [-0.39, 0.29) is 11.0 Å². The topological polar surface area (TPSA) is 52.0 Å². The molecule has 0 fully saturated rings. The van der Waals surface area contributed by atoms with Crippen LogP contribution in [0.4, 0.5) is 5.69 Å². The van der Waals surface area contributed by atoms with Gasteiger partial charge in [0.05, 0.1) is 0 Å². The summed E-state index contributed by atoms with van der Waals surface area (Å²) in [7, 11) is 0. The van der Waals surface area contributed by atoms with Crippen LogP contribution < -0.4 is 11.5 Å². The molecule has 0 aliphatic rings. The molecule has 0 saturated heterocycles. The van der Waals surface area contributed by atoms with Gasteiger partial charge >= 0.3 is 0 Å². The fourth-order valence-corrected chi connectivity index (χ4v) is 2.18. The summed E-state index contributed by atoms with van der Waals surface area (Å²) in [5.74, 6) is 0. The highest BCUT2D eigenvalue weighted by Gasteiger charge is 2.27. The largest absolute Gasteiger partial charge is 0.399 e. The normalized spacial score (nSPS) is 12.9. The van der Waals surface area contributed by atoms with Gasteiger partial charge in [-0.15, -0.1) is 0 Å². The van der Waals surface area contributed by atoms with Crippen molar-refractivity contribution in [1.29, 1.82) is 0 Å². The van der Waals surface area contributed by atoms with Crippen LogP contribution in [0, 0.1) is 0 Å². The smallest absolute Gasteiger partial charge is 0.0314 e. The second-order valence-electron chi connectivity index (χ2n) is 5.67. The summed E-state index contributed by atoms with van der Waals surface area (Å²) in [6.07, 6.45) is 0.948. The molecule has 15 heavy (non-hydrogen) atoms. The molecule has 1 aromatic rings. The van der Waals surface area contributed by atoms with E-state index in [1.54, 1.807) is 0 Å². The van der Waals surface area contributed by atoms with Crippen molar-refractivity contribution in [2.24, 2.45) is 5.73 Å². The molecule has 0 saturated carbocycles. The maximum absolute atomic E-state index is 6.06. The maximum atomic E-state index is 6.06. The molecule has 4 N–H and O–H groups in total. The zero-order chi connectivity index (χ0) is 11.7. The molecule has 0 amide bonds. The Morgan fingerprint density at radius 2 is 1.47 bits per heavy atom. The van der Waals surface area contributed by atoms with Crippen LogP contribution in [-0.4, -0.2) is 5.54 Å². The number of hydrogen-bond donors (Lipinski definition) is 2. The first-order chi connectivity index (χ1) is 6.71. The molecule has 84 valence electrons. The van der Waals surface area contributed by atoms with Gasteiger partial charge in [0.25, 0.3) is 0 Å². The minimum atomic E-state index is -0.148. The molecule has 0 spiro atoms. The Bertz CT molecular complexity index is 317. The van der Waals surface area contributed by atoms with Gasteiger partial charge in [-0.25, -0.2) is 0 Å². The van der Waals surface area contributed by atoms with Crippen molar-refractivity contribution in [2.75, 3.05) is 5.73 Å². The van der Waals surface area contributed by atoms with Crippen LogP contribution in [0.3, 0.4) is 0 Å². The summed E-state index contributed by atoms with van der Waals surface area (Å²) in [4.78, 5) is 0. The third-order valence-electron chi connectivity index (χ3n) is 2.59. The molecule has 1 rings (SSSR count). The monoisotopic (exact) mass is 206 g/mol. The summed E-state index contributed by atoms with van der Waals surface area (Å²) in [5, 5.41) is 0. The van der Waals surface area contributed by atoms with Crippen molar-refractivity contribution in [3.63, 3.8) is 0 Å². The zero-order valence-electron chi connectivity index (χ0n) is 10.2. The van der Waals surface area contributed by atoms with Crippen molar-refractivity contribution >= 4 is 5.69 Å². The van der Waals surface area contributed by atoms with Gasteiger partial charge in [-0.3, -0.25) is 0 Å². The number of nitrogen functional groups attached to an aromatic ring is 1. The van der Waals surface area contributed by atoms with Crippen LogP contribution in [0.1, 0.15) is 39.7 Å². The molecular weight excluding hydrogens is 184 g/mol. The lowest BCUT2D eigenvalue weighted by Crippen LogP contribution is -2.39. The van der Waals surface area contributed by atoms with E-state index in [0.717, 1.165) is 12.1 Å². The molecule has 0 atom stereocenters. The average molecular weight is 206 g/mol. The SMILES string of the molecule is CC(C)(N)CC(C)(C)c1ccc(N)cc1. The minimum absolute atomic E-state index is 0.0892. The summed E-state index contributed by atoms with van der Waals surface area (Å²) in [5.41, 5.74) is 13.8. The van der Waals surface area contributed by atoms with Gasteiger partial charge in [-0.05, 0) is 43.4 Å². The first kappa shape index (κ1) is 12.1. The van der Waals surface area contributed by atoms with Crippen LogP contribution in [0.5, 0.6) is 0 Å². The van der Waals surface area contributed by atoms with E-state index in [9.17, 15) is 0 Å². The maximum Gasteiger partial charge on any atom is 0.0314 e. The minimum Gasteiger partial charge on any atom is -0.399 e. The quantitative estimate of drug-likeness (QED) is 0.747. The number of anilines is 1. The first-order valence-corrected chi connectivity index (χ1v) is 5.36. The van der Waals surface area contributed by atoms with Crippen molar-refractivity contribution in [1.82, 2.24) is 0 Å². The Hall–Kier alpha value is -1.02. The lowest BCUT2D eigenvalue weighted by molar-refractivity contribution is 0.350. The fourth-order valence-electron chi connectivity index (χ4n) is 2.18. The molecular formula is C13H22N2. The van der Waals surface area contributed by atoms with Gasteiger partial charge in [0.2, 0.25) is 0 Å². The van der Waals surface area contributed by atoms with Crippen molar-refractivity contribution in [2.45, 2.75) is 45.1 Å². The van der Waals surface area contributed by atoms with E-state index < -0.39 is 0 Å². The molecule has 0 bridgehead atoms. The number of rotatable bonds is 3. The predicted molar refractivity (Wildman–Crippen MR) is 66.8 cm³/mol. The predicted octanol–water partition coefficient (Wildman–Crippen LogP) is 2.67. The van der Waals surface area contributed by atoms with Gasteiger partial charge < -0.3 is 11.5 Å². The first-order valence-electron chi connectivity index (χ1n) is 5.36. The molecule has 0 unspecified atom stereocenters. The van der Waals surface area contributed by atoms with Gasteiger partial charge in [0.1, 0.15) is 0 Å². The van der Waals surface area contributed by atoms with Crippen LogP contribution in [-0.2, 0) is 5.41 Å². The highest BCUT2D eigenvalue weighted by atomic mass is 14.7. The average Bonchev–Trinajstić information content (AvgIpc) is 2.00. The third kappa shape index (κ3) is 3.56. The standard InChI is InChI=1S/C13H22N2/c1-12(2,9-13(3,4)15)10-5-7-11(14)8-6-10/h5-8H,9,14-15H2,1-4H3. The second kappa shape index (κ2) is 3.86. The number of nitrogens with two attached hydrogens (primary N) is 2. The van der Waals surface area contributed by atoms with E-state index in [2.05, 4.69) is 39.8 Å². The highest BCUT2D eigenvalue weighted by molar-refractivity contribution is 5.41. The molecule has 0 radical (unpaired) electrons. The van der Waals surface area contributed by atoms with E-state index >= 15 is 0 Å². The molecule has 2 heteroatoms. The zero-order valence-corrected chi connectivity index (χ0v) is 10.2. The lowest BCUT2D eigenvalue weighted by Gasteiger charge is -2.32. The van der Waals surface area contributed by atoms with Gasteiger partial charge in [-0.2, -0.15) is 0 Å². The number of hydrogen-bond acceptors (Lipinski definition) is 2. The second-order valence-corrected chi connectivity index (χ2v) is 5.67. The Labute approximate surface area is 92.7 Å². The molecule has 1 aromatic carbocycles. The molecule has 0 aliphatic heterocycles. The lowest BCUT2D eigenvalue weighted by atomic mass is 9.75. The van der Waals surface area contributed by atoms with Gasteiger partial charge in [-0.1, -0.05) is 26.0 Å². The summed E-state index contributed by atoms with van der Waals surface area (Å²) >= 11 is 0. The van der Waals surface area contributed by atoms with E-state index in [4.69, 9.17) is 11.5 Å². The molecule has 0 aliphatic carbocycles. The van der Waals surface area contributed by atoms with Gasteiger partial charge in [0, 0.05) is 11.2 Å². The molecule has 2 nitrogen and oxygen atoms in total. The van der Waals surface area contributed by atoms with Gasteiger partial charge in [0.15, 0.2) is 0 Å². The summed E-state index contributed by atoms with van der Waals surface area (Å²) < 4.78 is 0. The Kier molecular flexibility index (Phi) is 3.10. The summed E-state index contributed by atoms with van der Waals surface area (Å²) in [6, 6.07) is 8.06. The van der Waals surface area contributed by atoms with Crippen LogP contribution >= 0.6 is 0 Å². The molecule has 0 heterocycles. The van der Waals surface area contributed by atoms with Crippen molar-refractivity contribution in [3.05, 3.63) is 29.8 Å². The number of benzene rings is 1. The van der Waals surface area contributed by atoms with E-state index in [0.29, 0.717) is 0 Å². The van der Waals surface area contributed by atoms with Crippen LogP contribution in [0.25, 0.3) is 0 Å². The Morgan fingerprint density at radius 1 is 1.00 bits per heavy atom. The third-order valence-corrected chi connectivity index (χ3v) is 2.59.